The summed E-state index contributed by atoms with van der Waals surface area (Å²) in [6.45, 7) is 4.51. The molecule has 3 aromatic rings. The predicted molar refractivity (Wildman–Crippen MR) is 104 cm³/mol. The maximum Gasteiger partial charge on any atom is 0.253 e. The zero-order valence-corrected chi connectivity index (χ0v) is 15.8. The second-order valence-electron chi connectivity index (χ2n) is 7.28. The normalized spacial score (nSPS) is 15.3. The molecule has 4 rings (SSSR count). The van der Waals surface area contributed by atoms with Crippen LogP contribution >= 0.6 is 0 Å². The predicted octanol–water partition coefficient (Wildman–Crippen LogP) is 3.36. The molecule has 0 spiro atoms. The van der Waals surface area contributed by atoms with E-state index in [1.807, 2.05) is 52.0 Å². The Labute approximate surface area is 158 Å². The highest BCUT2D eigenvalue weighted by atomic mass is 16.5. The number of carbonyl (C=O) groups is 1. The van der Waals surface area contributed by atoms with Gasteiger partial charge in [0.25, 0.3) is 5.91 Å². The lowest BCUT2D eigenvalue weighted by Crippen LogP contribution is -2.37. The SMILES string of the molecule is COc1cccc(Cn2nnc3cc(C(=O)N4CCC(C)CC4)ccc32)c1. The highest BCUT2D eigenvalue weighted by molar-refractivity contribution is 5.97. The molecule has 2 heterocycles. The molecule has 1 aromatic heterocycles. The molecule has 0 radical (unpaired) electrons. The van der Waals surface area contributed by atoms with Gasteiger partial charge in [-0.05, 0) is 54.7 Å². The van der Waals surface area contributed by atoms with Crippen molar-refractivity contribution in [2.45, 2.75) is 26.3 Å². The molecule has 140 valence electrons. The zero-order chi connectivity index (χ0) is 18.8. The molecule has 0 unspecified atom stereocenters. The molecule has 6 heteroatoms. The standard InChI is InChI=1S/C21H24N4O2/c1-15-8-10-24(11-9-15)21(26)17-6-7-20-19(13-17)22-23-25(20)14-16-4-3-5-18(12-16)27-2/h3-7,12-13,15H,8-11,14H2,1-2H3. The molecular formula is C21H24N4O2. The van der Waals surface area contributed by atoms with Crippen molar-refractivity contribution in [2.24, 2.45) is 5.92 Å². The van der Waals surface area contributed by atoms with Crippen LogP contribution < -0.4 is 4.74 Å². The van der Waals surface area contributed by atoms with Gasteiger partial charge < -0.3 is 9.64 Å². The van der Waals surface area contributed by atoms with E-state index in [1.54, 1.807) is 7.11 Å². The molecule has 27 heavy (non-hydrogen) atoms. The van der Waals surface area contributed by atoms with Gasteiger partial charge in [0.1, 0.15) is 11.3 Å². The minimum atomic E-state index is 0.0890. The molecule has 2 aromatic carbocycles. The summed E-state index contributed by atoms with van der Waals surface area (Å²) in [5, 5.41) is 8.54. The Morgan fingerprint density at radius 1 is 1.19 bits per heavy atom. The van der Waals surface area contributed by atoms with E-state index in [9.17, 15) is 4.79 Å². The Kier molecular flexibility index (Phi) is 4.79. The number of aromatic nitrogens is 3. The van der Waals surface area contributed by atoms with Gasteiger partial charge in [0.05, 0.1) is 19.2 Å². The van der Waals surface area contributed by atoms with Crippen molar-refractivity contribution in [3.05, 3.63) is 53.6 Å². The number of amides is 1. The average molecular weight is 364 g/mol. The Bertz CT molecular complexity index is 958. The van der Waals surface area contributed by atoms with Crippen LogP contribution in [0.4, 0.5) is 0 Å². The summed E-state index contributed by atoms with van der Waals surface area (Å²) in [6.07, 6.45) is 2.15. The first-order valence-corrected chi connectivity index (χ1v) is 9.39. The largest absolute Gasteiger partial charge is 0.497 e. The molecule has 0 bridgehead atoms. The number of carbonyl (C=O) groups excluding carboxylic acids is 1. The van der Waals surface area contributed by atoms with Crippen molar-refractivity contribution in [1.82, 2.24) is 19.9 Å². The summed E-state index contributed by atoms with van der Waals surface area (Å²) < 4.78 is 7.13. The lowest BCUT2D eigenvalue weighted by molar-refractivity contribution is 0.0697. The number of methoxy groups -OCH3 is 1. The number of fused-ring (bicyclic) bond motifs is 1. The van der Waals surface area contributed by atoms with E-state index in [-0.39, 0.29) is 5.91 Å². The fourth-order valence-corrected chi connectivity index (χ4v) is 3.56. The lowest BCUT2D eigenvalue weighted by atomic mass is 9.98. The molecule has 0 N–H and O–H groups in total. The monoisotopic (exact) mass is 364 g/mol. The third kappa shape index (κ3) is 3.65. The second kappa shape index (κ2) is 7.39. The van der Waals surface area contributed by atoms with Crippen LogP contribution in [0.15, 0.2) is 42.5 Å². The second-order valence-corrected chi connectivity index (χ2v) is 7.28. The van der Waals surface area contributed by atoms with Crippen LogP contribution in [0.1, 0.15) is 35.7 Å². The van der Waals surface area contributed by atoms with Crippen LogP contribution in [-0.2, 0) is 6.54 Å². The molecule has 1 saturated heterocycles. The van der Waals surface area contributed by atoms with E-state index in [4.69, 9.17) is 4.74 Å². The fraction of sp³-hybridized carbons (Fsp3) is 0.381. The Morgan fingerprint density at radius 2 is 2.00 bits per heavy atom. The first-order valence-electron chi connectivity index (χ1n) is 9.39. The van der Waals surface area contributed by atoms with E-state index >= 15 is 0 Å². The van der Waals surface area contributed by atoms with Crippen LogP contribution in [-0.4, -0.2) is 46.0 Å². The summed E-state index contributed by atoms with van der Waals surface area (Å²) in [4.78, 5) is 14.7. The Balaban J connectivity index is 1.55. The van der Waals surface area contributed by atoms with Crippen LogP contribution in [0.2, 0.25) is 0 Å². The van der Waals surface area contributed by atoms with Crippen LogP contribution in [0.3, 0.4) is 0 Å². The zero-order valence-electron chi connectivity index (χ0n) is 15.8. The average Bonchev–Trinajstić information content (AvgIpc) is 3.10. The van der Waals surface area contributed by atoms with Gasteiger partial charge in [-0.15, -0.1) is 5.10 Å². The Morgan fingerprint density at radius 3 is 2.78 bits per heavy atom. The topological polar surface area (TPSA) is 60.2 Å². The number of ether oxygens (including phenoxy) is 1. The third-order valence-corrected chi connectivity index (χ3v) is 5.30. The number of hydrogen-bond donors (Lipinski definition) is 0. The molecule has 1 amide bonds. The maximum atomic E-state index is 12.8. The number of benzene rings is 2. The number of hydrogen-bond acceptors (Lipinski definition) is 4. The summed E-state index contributed by atoms with van der Waals surface area (Å²) >= 11 is 0. The van der Waals surface area contributed by atoms with E-state index in [0.717, 1.165) is 48.3 Å². The number of rotatable bonds is 4. The van der Waals surface area contributed by atoms with Crippen LogP contribution in [0.25, 0.3) is 11.0 Å². The van der Waals surface area contributed by atoms with E-state index in [1.165, 1.54) is 0 Å². The molecule has 0 aliphatic carbocycles. The molecule has 0 saturated carbocycles. The lowest BCUT2D eigenvalue weighted by Gasteiger charge is -2.30. The van der Waals surface area contributed by atoms with Gasteiger partial charge in [0, 0.05) is 18.7 Å². The van der Waals surface area contributed by atoms with Gasteiger partial charge in [0.2, 0.25) is 0 Å². The maximum absolute atomic E-state index is 12.8. The van der Waals surface area contributed by atoms with Crippen molar-refractivity contribution in [1.29, 1.82) is 0 Å². The van der Waals surface area contributed by atoms with Crippen LogP contribution in [0, 0.1) is 5.92 Å². The van der Waals surface area contributed by atoms with Gasteiger partial charge in [-0.25, -0.2) is 4.68 Å². The third-order valence-electron chi connectivity index (χ3n) is 5.30. The van der Waals surface area contributed by atoms with Crippen LogP contribution in [0.5, 0.6) is 5.75 Å². The van der Waals surface area contributed by atoms with Gasteiger partial charge in [0.15, 0.2) is 0 Å². The summed E-state index contributed by atoms with van der Waals surface area (Å²) in [5.74, 6) is 1.61. The first kappa shape index (κ1) is 17.5. The van der Waals surface area contributed by atoms with Gasteiger partial charge >= 0.3 is 0 Å². The molecular weight excluding hydrogens is 340 g/mol. The fourth-order valence-electron chi connectivity index (χ4n) is 3.56. The van der Waals surface area contributed by atoms with Crippen molar-refractivity contribution in [2.75, 3.05) is 20.2 Å². The van der Waals surface area contributed by atoms with Gasteiger partial charge in [-0.1, -0.05) is 24.3 Å². The van der Waals surface area contributed by atoms with Crippen molar-refractivity contribution in [3.8, 4) is 5.75 Å². The Hall–Kier alpha value is -2.89. The van der Waals surface area contributed by atoms with Crippen molar-refractivity contribution < 1.29 is 9.53 Å². The minimum absolute atomic E-state index is 0.0890. The van der Waals surface area contributed by atoms with E-state index in [2.05, 4.69) is 17.2 Å². The number of piperidine rings is 1. The molecule has 1 aliphatic heterocycles. The molecule has 1 aliphatic rings. The molecule has 1 fully saturated rings. The summed E-state index contributed by atoms with van der Waals surface area (Å²) in [5.41, 5.74) is 3.44. The summed E-state index contributed by atoms with van der Waals surface area (Å²) in [7, 11) is 1.66. The number of nitrogens with zero attached hydrogens (tertiary/aromatic N) is 4. The summed E-state index contributed by atoms with van der Waals surface area (Å²) in [6, 6.07) is 13.6. The quantitative estimate of drug-likeness (QED) is 0.712. The van der Waals surface area contributed by atoms with Crippen molar-refractivity contribution in [3.63, 3.8) is 0 Å². The highest BCUT2D eigenvalue weighted by Crippen LogP contribution is 2.21. The van der Waals surface area contributed by atoms with Crippen molar-refractivity contribution >= 4 is 16.9 Å². The molecule has 6 nitrogen and oxygen atoms in total. The van der Waals surface area contributed by atoms with E-state index in [0.29, 0.717) is 18.0 Å². The smallest absolute Gasteiger partial charge is 0.253 e. The molecule has 0 atom stereocenters. The first-order chi connectivity index (χ1) is 13.1. The minimum Gasteiger partial charge on any atom is -0.497 e. The number of likely N-dealkylation sites (tertiary alicyclic amines) is 1. The van der Waals surface area contributed by atoms with Gasteiger partial charge in [-0.3, -0.25) is 4.79 Å². The van der Waals surface area contributed by atoms with E-state index < -0.39 is 0 Å². The van der Waals surface area contributed by atoms with Gasteiger partial charge in [-0.2, -0.15) is 0 Å². The highest BCUT2D eigenvalue weighted by Gasteiger charge is 2.22.